The van der Waals surface area contributed by atoms with Gasteiger partial charge in [-0.1, -0.05) is 154 Å². The summed E-state index contributed by atoms with van der Waals surface area (Å²) in [5, 5.41) is 20.5. The van der Waals surface area contributed by atoms with Gasteiger partial charge in [0, 0.05) is 13.1 Å². The van der Waals surface area contributed by atoms with Crippen molar-refractivity contribution >= 4 is 11.8 Å². The summed E-state index contributed by atoms with van der Waals surface area (Å²) in [6.45, 7) is 20.2. The molecule has 0 saturated carbocycles. The summed E-state index contributed by atoms with van der Waals surface area (Å²) < 4.78 is 0. The van der Waals surface area contributed by atoms with E-state index in [2.05, 4.69) is 79.9 Å². The van der Waals surface area contributed by atoms with Gasteiger partial charge in [0.25, 0.3) is 0 Å². The molecule has 0 aromatic heterocycles. The molecule has 0 aliphatic carbocycles. The first-order valence-electron chi connectivity index (χ1n) is 35.5. The van der Waals surface area contributed by atoms with Crippen molar-refractivity contribution < 1.29 is 9.59 Å². The second-order valence-electron chi connectivity index (χ2n) is 23.9. The first-order valence-corrected chi connectivity index (χ1v) is 35.5. The van der Waals surface area contributed by atoms with Gasteiger partial charge in [-0.05, 0) is 246 Å². The maximum atomic E-state index is 13.5. The second-order valence-corrected chi connectivity index (χ2v) is 23.9. The van der Waals surface area contributed by atoms with Gasteiger partial charge >= 0.3 is 0 Å². The highest BCUT2D eigenvalue weighted by molar-refractivity contribution is 5.82. The summed E-state index contributed by atoms with van der Waals surface area (Å²) in [6, 6.07) is -0.387. The van der Waals surface area contributed by atoms with E-state index < -0.39 is 0 Å². The molecule has 14 N–H and O–H groups in total. The van der Waals surface area contributed by atoms with Crippen LogP contribution in [0.1, 0.15) is 271 Å². The fourth-order valence-corrected chi connectivity index (χ4v) is 10.8. The van der Waals surface area contributed by atoms with Crippen molar-refractivity contribution in [3.8, 4) is 0 Å². The largest absolute Gasteiger partial charge is 0.355 e. The van der Waals surface area contributed by atoms with Gasteiger partial charge in [0.1, 0.15) is 0 Å². The molecular weight excluding hydrogens is 1020 g/mol. The molecule has 0 aliphatic heterocycles. The third-order valence-electron chi connectivity index (χ3n) is 16.1. The Labute approximate surface area is 508 Å². The summed E-state index contributed by atoms with van der Waals surface area (Å²) in [4.78, 5) is 32.3. The third-order valence-corrected chi connectivity index (χ3v) is 16.1. The molecule has 2 atom stereocenters. The normalized spacial score (nSPS) is 12.7. The number of hydrogen-bond donors (Lipinski definition) is 10. The zero-order valence-electron chi connectivity index (χ0n) is 54.5. The summed E-state index contributed by atoms with van der Waals surface area (Å²) in [7, 11) is 0. The third kappa shape index (κ3) is 58.4. The van der Waals surface area contributed by atoms with Crippen LogP contribution in [0.2, 0.25) is 0 Å². The molecule has 82 heavy (non-hydrogen) atoms. The van der Waals surface area contributed by atoms with Crippen LogP contribution in [-0.4, -0.2) is 152 Å². The minimum absolute atomic E-state index is 0.113. The summed E-state index contributed by atoms with van der Waals surface area (Å²) >= 11 is 0. The Kier molecular flexibility index (Phi) is 66.5. The van der Waals surface area contributed by atoms with E-state index >= 15 is 0 Å². The fraction of sp³-hybridized carbons (Fsp3) is 0.912. The van der Waals surface area contributed by atoms with Crippen LogP contribution >= 0.6 is 0 Å². The minimum atomic E-state index is -0.193. The average molecular weight is 1160 g/mol. The number of nitrogens with one attached hydrogen (secondary N) is 6. The predicted molar refractivity (Wildman–Crippen MR) is 359 cm³/mol. The van der Waals surface area contributed by atoms with E-state index in [1.54, 1.807) is 0 Å². The lowest BCUT2D eigenvalue weighted by atomic mass is 10.1. The lowest BCUT2D eigenvalue weighted by molar-refractivity contribution is -0.124. The Hall–Kier alpha value is -1.98. The number of hydrogen-bond acceptors (Lipinski definition) is 12. The molecule has 14 nitrogen and oxygen atoms in total. The molecule has 2 unspecified atom stereocenters. The first-order chi connectivity index (χ1) is 40.5. The van der Waals surface area contributed by atoms with Crippen molar-refractivity contribution in [3.63, 3.8) is 0 Å². The number of unbranched alkanes of at least 4 members (excludes halogenated alkanes) is 25. The molecule has 0 fully saturated rings. The Morgan fingerprint density at radius 3 is 0.915 bits per heavy atom. The molecule has 0 aliphatic rings. The zero-order valence-corrected chi connectivity index (χ0v) is 54.5. The van der Waals surface area contributed by atoms with E-state index in [1.807, 2.05) is 0 Å². The monoisotopic (exact) mass is 1160 g/mol. The van der Waals surface area contributed by atoms with Gasteiger partial charge in [-0.2, -0.15) is 0 Å². The number of amides is 2. The Balaban J connectivity index is 5.46. The maximum Gasteiger partial charge on any atom is 0.237 e. The number of carbonyl (C=O) groups excluding carboxylic acids is 2. The van der Waals surface area contributed by atoms with Crippen molar-refractivity contribution in [2.45, 2.75) is 283 Å². The van der Waals surface area contributed by atoms with Crippen LogP contribution in [-0.2, 0) is 9.59 Å². The van der Waals surface area contributed by atoms with E-state index in [9.17, 15) is 9.59 Å². The highest BCUT2D eigenvalue weighted by atomic mass is 16.2. The van der Waals surface area contributed by atoms with Crippen molar-refractivity contribution in [3.05, 3.63) is 24.3 Å². The van der Waals surface area contributed by atoms with Crippen molar-refractivity contribution in [2.75, 3.05) is 118 Å². The van der Waals surface area contributed by atoms with Gasteiger partial charge < -0.3 is 64.6 Å². The van der Waals surface area contributed by atoms with Gasteiger partial charge in [-0.3, -0.25) is 9.59 Å². The Morgan fingerprint density at radius 1 is 0.317 bits per heavy atom. The second kappa shape index (κ2) is 68.1. The lowest BCUT2D eigenvalue weighted by Crippen LogP contribution is -2.45. The minimum Gasteiger partial charge on any atom is -0.355 e. The zero-order chi connectivity index (χ0) is 59.5. The highest BCUT2D eigenvalue weighted by Gasteiger charge is 2.19. The van der Waals surface area contributed by atoms with Crippen molar-refractivity contribution in [2.24, 2.45) is 22.9 Å². The molecule has 0 radical (unpaired) electrons. The van der Waals surface area contributed by atoms with Crippen LogP contribution in [0.15, 0.2) is 24.3 Å². The molecule has 0 heterocycles. The summed E-state index contributed by atoms with van der Waals surface area (Å²) in [6.07, 6.45) is 58.2. The number of allylic oxidation sites excluding steroid dienone is 4. The quantitative estimate of drug-likeness (QED) is 0.0203. The number of nitrogens with zero attached hydrogens (tertiary/aromatic N) is 2. The van der Waals surface area contributed by atoms with Gasteiger partial charge in [-0.25, -0.2) is 0 Å². The van der Waals surface area contributed by atoms with Gasteiger partial charge in [0.2, 0.25) is 11.8 Å². The molecule has 14 heteroatoms. The van der Waals surface area contributed by atoms with E-state index in [0.29, 0.717) is 39.3 Å². The van der Waals surface area contributed by atoms with Crippen LogP contribution in [0.5, 0.6) is 0 Å². The first kappa shape index (κ1) is 80.0. The van der Waals surface area contributed by atoms with Crippen LogP contribution in [0.25, 0.3) is 0 Å². The molecule has 0 bridgehead atoms. The highest BCUT2D eigenvalue weighted by Crippen LogP contribution is 2.14. The number of nitrogens with two attached hydrogens (primary N) is 4. The van der Waals surface area contributed by atoms with Crippen molar-refractivity contribution in [1.82, 2.24) is 41.7 Å². The Bertz CT molecular complexity index is 1240. The topological polar surface area (TPSA) is 217 Å². The van der Waals surface area contributed by atoms with Crippen LogP contribution in [0.4, 0.5) is 0 Å². The summed E-state index contributed by atoms with van der Waals surface area (Å²) in [5.74, 6) is 0.225. The average Bonchev–Trinajstić information content (AvgIpc) is 3.48. The predicted octanol–water partition coefficient (Wildman–Crippen LogP) is 11.5. The molecule has 0 aromatic rings. The number of rotatable bonds is 69. The molecular formula is C68H142N12O2. The van der Waals surface area contributed by atoms with Crippen LogP contribution in [0.3, 0.4) is 0 Å². The molecule has 0 aromatic carbocycles. The van der Waals surface area contributed by atoms with Crippen molar-refractivity contribution in [1.29, 1.82) is 0 Å². The van der Waals surface area contributed by atoms with E-state index in [0.717, 1.165) is 143 Å². The molecule has 0 rings (SSSR count). The van der Waals surface area contributed by atoms with Crippen LogP contribution < -0.4 is 54.8 Å². The van der Waals surface area contributed by atoms with Gasteiger partial charge in [0.15, 0.2) is 0 Å². The van der Waals surface area contributed by atoms with Gasteiger partial charge in [0.05, 0.1) is 12.1 Å². The maximum absolute atomic E-state index is 13.5. The van der Waals surface area contributed by atoms with E-state index in [1.165, 1.54) is 193 Å². The van der Waals surface area contributed by atoms with Gasteiger partial charge in [-0.15, -0.1) is 0 Å². The smallest absolute Gasteiger partial charge is 0.237 e. The number of carbonyl (C=O) groups is 2. The molecule has 0 saturated heterocycles. The lowest BCUT2D eigenvalue weighted by Gasteiger charge is -2.25. The Morgan fingerprint density at radius 2 is 0.585 bits per heavy atom. The molecule has 486 valence electrons. The molecule has 0 spiro atoms. The van der Waals surface area contributed by atoms with Crippen LogP contribution in [0, 0.1) is 0 Å². The molecule has 2 amide bonds. The summed E-state index contributed by atoms with van der Waals surface area (Å²) in [5.41, 5.74) is 23.0. The van der Waals surface area contributed by atoms with E-state index in [4.69, 9.17) is 22.9 Å². The standard InChI is InChI=1S/C68H142N12O2/c1-3-5-7-9-11-13-15-17-19-21-23-25-27-29-31-33-59-79(63-43-57-77-67(81)65(75-55-41-49-71)45-37-51-73-53-39-47-69)61-35-36-62-80(60-34-32-30-28-26-24-22-20-18-16-14-12-10-8-6-4-2)64-44-58-78-68(82)66(76-56-42-50-72)46-38-52-74-54-40-48-70/h17-20,65-66,73-76H,3-16,21-64,69-72H2,1-2H3,(H,77,81)(H,78,82)/b19-17-,20-18-. The fourth-order valence-electron chi connectivity index (χ4n) is 10.8. The van der Waals surface area contributed by atoms with E-state index in [-0.39, 0.29) is 23.9 Å². The SMILES string of the molecule is CCCCCCCC/C=C\CCCCCCCCN(CCCCN(CCCCCCCC/C=C\CCCCCCCC)CCCNC(=O)C(CCCNCCCN)NCCCN)CCCNC(=O)C(CCCNCCCN)NCCCN.